The lowest BCUT2D eigenvalue weighted by Gasteiger charge is -2.17. The molecule has 8 nitrogen and oxygen atoms in total. The SMILES string of the molecule is CN(CCOC(=O)Nc1ccc(C(=O)Nc2cc(-c3cccs3)ccc2N)cc1)c1ccccn1. The van der Waals surface area contributed by atoms with Crippen LogP contribution < -0.4 is 21.3 Å². The predicted molar refractivity (Wildman–Crippen MR) is 141 cm³/mol. The minimum atomic E-state index is -0.574. The van der Waals surface area contributed by atoms with Crippen LogP contribution in [0.1, 0.15) is 10.4 Å². The molecule has 0 radical (unpaired) electrons. The topological polar surface area (TPSA) is 110 Å². The number of hydrogen-bond donors (Lipinski definition) is 3. The first kappa shape index (κ1) is 23.8. The molecule has 2 aromatic carbocycles. The molecule has 0 atom stereocenters. The number of nitrogens with two attached hydrogens (primary N) is 1. The van der Waals surface area contributed by atoms with Gasteiger partial charge >= 0.3 is 6.09 Å². The number of ether oxygens (including phenoxy) is 1. The fourth-order valence-corrected chi connectivity index (χ4v) is 4.01. The summed E-state index contributed by atoms with van der Waals surface area (Å²) in [5.74, 6) is 0.497. The van der Waals surface area contributed by atoms with Gasteiger partial charge < -0.3 is 20.7 Å². The summed E-state index contributed by atoms with van der Waals surface area (Å²) < 4.78 is 5.24. The Morgan fingerprint density at radius 3 is 2.57 bits per heavy atom. The summed E-state index contributed by atoms with van der Waals surface area (Å²) in [6.07, 6.45) is 1.13. The van der Waals surface area contributed by atoms with Gasteiger partial charge in [-0.15, -0.1) is 11.3 Å². The first-order valence-electron chi connectivity index (χ1n) is 10.9. The van der Waals surface area contributed by atoms with Gasteiger partial charge in [0.25, 0.3) is 5.91 Å². The molecule has 0 aliphatic rings. The van der Waals surface area contributed by atoms with Crippen molar-refractivity contribution >= 4 is 46.2 Å². The number of carbonyl (C=O) groups excluding carboxylic acids is 2. The standard InChI is InChI=1S/C26H25N5O3S/c1-31(24-6-2-3-13-28-24)14-15-34-26(33)29-20-10-7-18(8-11-20)25(32)30-22-17-19(9-12-21(22)27)23-5-4-16-35-23/h2-13,16-17H,14-15,27H2,1H3,(H,29,33)(H,30,32). The van der Waals surface area contributed by atoms with Crippen LogP contribution in [-0.4, -0.2) is 37.2 Å². The van der Waals surface area contributed by atoms with Crippen molar-refractivity contribution in [2.45, 2.75) is 0 Å². The lowest BCUT2D eigenvalue weighted by Crippen LogP contribution is -2.26. The Bertz CT molecular complexity index is 1280. The molecule has 0 bridgehead atoms. The fraction of sp³-hybridized carbons (Fsp3) is 0.115. The summed E-state index contributed by atoms with van der Waals surface area (Å²) in [7, 11) is 1.87. The third-order valence-corrected chi connectivity index (χ3v) is 6.12. The second-order valence-electron chi connectivity index (χ2n) is 7.68. The van der Waals surface area contributed by atoms with Crippen LogP contribution >= 0.6 is 11.3 Å². The number of amides is 2. The molecule has 9 heteroatoms. The number of benzene rings is 2. The van der Waals surface area contributed by atoms with Crippen molar-refractivity contribution in [1.29, 1.82) is 0 Å². The lowest BCUT2D eigenvalue weighted by atomic mass is 10.1. The molecule has 2 aromatic heterocycles. The van der Waals surface area contributed by atoms with Crippen LogP contribution in [-0.2, 0) is 4.74 Å². The van der Waals surface area contributed by atoms with Gasteiger partial charge in [-0.3, -0.25) is 10.1 Å². The number of carbonyl (C=O) groups is 2. The number of nitrogens with zero attached hydrogens (tertiary/aromatic N) is 2. The van der Waals surface area contributed by atoms with Gasteiger partial charge in [0.1, 0.15) is 12.4 Å². The number of nitrogens with one attached hydrogen (secondary N) is 2. The minimum absolute atomic E-state index is 0.200. The van der Waals surface area contributed by atoms with Crippen LogP contribution in [0.5, 0.6) is 0 Å². The zero-order valence-corrected chi connectivity index (χ0v) is 19.9. The highest BCUT2D eigenvalue weighted by molar-refractivity contribution is 7.13. The summed E-state index contributed by atoms with van der Waals surface area (Å²) in [6.45, 7) is 0.700. The number of anilines is 4. The smallest absolute Gasteiger partial charge is 0.411 e. The molecule has 35 heavy (non-hydrogen) atoms. The summed E-state index contributed by atoms with van der Waals surface area (Å²) in [6, 6.07) is 21.7. The van der Waals surface area contributed by atoms with E-state index in [0.717, 1.165) is 16.3 Å². The molecular weight excluding hydrogens is 462 g/mol. The Hall–Kier alpha value is -4.37. The summed E-state index contributed by atoms with van der Waals surface area (Å²) in [5.41, 5.74) is 9.01. The molecule has 4 N–H and O–H groups in total. The van der Waals surface area contributed by atoms with Crippen LogP contribution in [0.2, 0.25) is 0 Å². The monoisotopic (exact) mass is 487 g/mol. The van der Waals surface area contributed by atoms with Gasteiger partial charge in [-0.2, -0.15) is 0 Å². The van der Waals surface area contributed by atoms with Crippen molar-refractivity contribution in [2.75, 3.05) is 41.5 Å². The van der Waals surface area contributed by atoms with E-state index < -0.39 is 6.09 Å². The number of likely N-dealkylation sites (N-methyl/N-ethyl adjacent to an activating group) is 1. The van der Waals surface area contributed by atoms with Gasteiger partial charge in [0.05, 0.1) is 17.9 Å². The second-order valence-corrected chi connectivity index (χ2v) is 8.63. The summed E-state index contributed by atoms with van der Waals surface area (Å²) in [4.78, 5) is 32.1. The van der Waals surface area contributed by atoms with Gasteiger partial charge in [-0.1, -0.05) is 18.2 Å². The molecule has 0 unspecified atom stereocenters. The minimum Gasteiger partial charge on any atom is -0.447 e. The third-order valence-electron chi connectivity index (χ3n) is 5.20. The zero-order chi connectivity index (χ0) is 24.6. The first-order valence-corrected chi connectivity index (χ1v) is 11.8. The maximum absolute atomic E-state index is 12.7. The number of rotatable bonds is 8. The lowest BCUT2D eigenvalue weighted by molar-refractivity contribution is 0.102. The Morgan fingerprint density at radius 2 is 1.86 bits per heavy atom. The first-order chi connectivity index (χ1) is 17.0. The molecule has 4 aromatic rings. The van der Waals surface area contributed by atoms with E-state index in [1.165, 1.54) is 0 Å². The van der Waals surface area contributed by atoms with E-state index in [1.807, 2.05) is 59.8 Å². The van der Waals surface area contributed by atoms with Crippen molar-refractivity contribution in [1.82, 2.24) is 4.98 Å². The highest BCUT2D eigenvalue weighted by Gasteiger charge is 2.11. The van der Waals surface area contributed by atoms with Gasteiger partial charge in [0.15, 0.2) is 0 Å². The van der Waals surface area contributed by atoms with Gasteiger partial charge in [0, 0.05) is 29.4 Å². The molecule has 178 valence electrons. The van der Waals surface area contributed by atoms with E-state index >= 15 is 0 Å². The molecule has 0 aliphatic carbocycles. The second kappa shape index (κ2) is 11.2. The molecule has 0 saturated carbocycles. The van der Waals surface area contributed by atoms with Crippen LogP contribution in [0.3, 0.4) is 0 Å². The highest BCUT2D eigenvalue weighted by Crippen LogP contribution is 2.30. The van der Waals surface area contributed by atoms with Gasteiger partial charge in [-0.25, -0.2) is 9.78 Å². The Balaban J connectivity index is 1.29. The predicted octanol–water partition coefficient (Wildman–Crippen LogP) is 5.33. The quantitative estimate of drug-likeness (QED) is 0.290. The average molecular weight is 488 g/mol. The fourth-order valence-electron chi connectivity index (χ4n) is 3.28. The van der Waals surface area contributed by atoms with E-state index in [4.69, 9.17) is 10.5 Å². The van der Waals surface area contributed by atoms with Crippen molar-refractivity contribution < 1.29 is 14.3 Å². The number of thiophene rings is 1. The number of aromatic nitrogens is 1. The van der Waals surface area contributed by atoms with Crippen LogP contribution in [0.4, 0.5) is 27.7 Å². The average Bonchev–Trinajstić information content (AvgIpc) is 3.41. The van der Waals surface area contributed by atoms with Crippen LogP contribution in [0.25, 0.3) is 10.4 Å². The Morgan fingerprint density at radius 1 is 1.03 bits per heavy atom. The van der Waals surface area contributed by atoms with Gasteiger partial charge in [0.2, 0.25) is 0 Å². The summed E-state index contributed by atoms with van der Waals surface area (Å²) in [5, 5.41) is 7.51. The molecule has 0 fully saturated rings. The van der Waals surface area contributed by atoms with E-state index in [0.29, 0.717) is 29.2 Å². The molecule has 2 amide bonds. The number of pyridine rings is 1. The van der Waals surface area contributed by atoms with E-state index in [-0.39, 0.29) is 12.5 Å². The van der Waals surface area contributed by atoms with Crippen molar-refractivity contribution in [3.8, 4) is 10.4 Å². The van der Waals surface area contributed by atoms with Gasteiger partial charge in [-0.05, 0) is 65.5 Å². The maximum atomic E-state index is 12.7. The number of hydrogen-bond acceptors (Lipinski definition) is 7. The molecule has 0 aliphatic heterocycles. The highest BCUT2D eigenvalue weighted by atomic mass is 32.1. The van der Waals surface area contributed by atoms with Crippen LogP contribution in [0, 0.1) is 0 Å². The number of nitrogen functional groups attached to an aromatic ring is 1. The molecule has 2 heterocycles. The normalized spacial score (nSPS) is 10.4. The van der Waals surface area contributed by atoms with Crippen LogP contribution in [0.15, 0.2) is 84.4 Å². The molecular formula is C26H25N5O3S. The maximum Gasteiger partial charge on any atom is 0.411 e. The Kier molecular flexibility index (Phi) is 7.59. The van der Waals surface area contributed by atoms with Crippen molar-refractivity contribution in [3.63, 3.8) is 0 Å². The summed E-state index contributed by atoms with van der Waals surface area (Å²) >= 11 is 1.61. The Labute approximate surface area is 207 Å². The van der Waals surface area contributed by atoms with Crippen molar-refractivity contribution in [3.05, 3.63) is 89.9 Å². The largest absolute Gasteiger partial charge is 0.447 e. The van der Waals surface area contributed by atoms with E-state index in [1.54, 1.807) is 47.9 Å². The molecule has 4 rings (SSSR count). The third kappa shape index (κ3) is 6.36. The van der Waals surface area contributed by atoms with E-state index in [9.17, 15) is 9.59 Å². The molecule has 0 spiro atoms. The van der Waals surface area contributed by atoms with E-state index in [2.05, 4.69) is 15.6 Å². The zero-order valence-electron chi connectivity index (χ0n) is 19.1. The molecule has 0 saturated heterocycles. The van der Waals surface area contributed by atoms with Crippen molar-refractivity contribution in [2.24, 2.45) is 0 Å².